The van der Waals surface area contributed by atoms with E-state index < -0.39 is 0 Å². The van der Waals surface area contributed by atoms with Gasteiger partial charge in [0.25, 0.3) is 0 Å². The molecule has 1 fully saturated rings. The summed E-state index contributed by atoms with van der Waals surface area (Å²) in [4.78, 5) is 13.3. The number of thiol groups is 1. The van der Waals surface area contributed by atoms with Crippen molar-refractivity contribution in [2.75, 3.05) is 13.1 Å². The van der Waals surface area contributed by atoms with E-state index >= 15 is 0 Å². The van der Waals surface area contributed by atoms with E-state index in [0.29, 0.717) is 6.42 Å². The summed E-state index contributed by atoms with van der Waals surface area (Å²) in [6.07, 6.45) is 5.57. The van der Waals surface area contributed by atoms with E-state index in [2.05, 4.69) is 19.6 Å². The summed E-state index contributed by atoms with van der Waals surface area (Å²) in [7, 11) is 0. The Morgan fingerprint density at radius 2 is 2.23 bits per heavy atom. The SMILES string of the molecule is CCCCCCN1CC(S)CC1=O. The van der Waals surface area contributed by atoms with Gasteiger partial charge in [-0.1, -0.05) is 26.2 Å². The van der Waals surface area contributed by atoms with Crippen molar-refractivity contribution in [1.82, 2.24) is 4.90 Å². The number of nitrogens with zero attached hydrogens (tertiary/aromatic N) is 1. The molecule has 76 valence electrons. The summed E-state index contributed by atoms with van der Waals surface area (Å²) in [5.41, 5.74) is 0. The van der Waals surface area contributed by atoms with Crippen LogP contribution >= 0.6 is 12.6 Å². The Morgan fingerprint density at radius 1 is 1.46 bits per heavy atom. The number of amides is 1. The van der Waals surface area contributed by atoms with Crippen LogP contribution in [-0.2, 0) is 4.79 Å². The van der Waals surface area contributed by atoms with Crippen LogP contribution < -0.4 is 0 Å². The second-order valence-corrected chi connectivity index (χ2v) is 4.49. The summed E-state index contributed by atoms with van der Waals surface area (Å²) >= 11 is 4.31. The average Bonchev–Trinajstić information content (AvgIpc) is 2.39. The molecule has 0 aromatic carbocycles. The summed E-state index contributed by atoms with van der Waals surface area (Å²) in [5, 5.41) is 0.277. The van der Waals surface area contributed by atoms with Gasteiger partial charge in [-0.2, -0.15) is 12.6 Å². The standard InChI is InChI=1S/C10H19NOS/c1-2-3-4-5-6-11-8-9(13)7-10(11)12/h9,13H,2-8H2,1H3. The van der Waals surface area contributed by atoms with E-state index in [4.69, 9.17) is 0 Å². The van der Waals surface area contributed by atoms with Gasteiger partial charge in [-0.3, -0.25) is 4.79 Å². The van der Waals surface area contributed by atoms with Crippen molar-refractivity contribution in [2.45, 2.75) is 44.3 Å². The first kappa shape index (κ1) is 10.9. The van der Waals surface area contributed by atoms with Crippen LogP contribution in [0.5, 0.6) is 0 Å². The van der Waals surface area contributed by atoms with Crippen LogP contribution in [0.15, 0.2) is 0 Å². The molecule has 1 amide bonds. The van der Waals surface area contributed by atoms with Gasteiger partial charge in [-0.05, 0) is 6.42 Å². The molecule has 1 unspecified atom stereocenters. The minimum absolute atomic E-state index is 0.277. The normalized spacial score (nSPS) is 22.8. The lowest BCUT2D eigenvalue weighted by molar-refractivity contribution is -0.127. The molecule has 0 bridgehead atoms. The highest BCUT2D eigenvalue weighted by molar-refractivity contribution is 7.81. The van der Waals surface area contributed by atoms with Gasteiger partial charge in [-0.25, -0.2) is 0 Å². The Morgan fingerprint density at radius 3 is 2.77 bits per heavy atom. The number of unbranched alkanes of at least 4 members (excludes halogenated alkanes) is 3. The molecular formula is C10H19NOS. The van der Waals surface area contributed by atoms with Gasteiger partial charge in [0.2, 0.25) is 5.91 Å². The van der Waals surface area contributed by atoms with Crippen molar-refractivity contribution in [3.05, 3.63) is 0 Å². The second kappa shape index (κ2) is 5.53. The maximum absolute atomic E-state index is 11.3. The molecule has 1 saturated heterocycles. The first-order valence-electron chi connectivity index (χ1n) is 5.20. The van der Waals surface area contributed by atoms with E-state index in [-0.39, 0.29) is 11.2 Å². The summed E-state index contributed by atoms with van der Waals surface area (Å²) in [6, 6.07) is 0. The molecule has 0 spiro atoms. The molecule has 0 aliphatic carbocycles. The maximum atomic E-state index is 11.3. The average molecular weight is 201 g/mol. The Kier molecular flexibility index (Phi) is 4.64. The summed E-state index contributed by atoms with van der Waals surface area (Å²) < 4.78 is 0. The van der Waals surface area contributed by atoms with Gasteiger partial charge in [0.15, 0.2) is 0 Å². The van der Waals surface area contributed by atoms with Crippen molar-refractivity contribution >= 4 is 18.5 Å². The number of hydrogen-bond donors (Lipinski definition) is 1. The highest BCUT2D eigenvalue weighted by Crippen LogP contribution is 2.16. The molecule has 1 aliphatic heterocycles. The van der Waals surface area contributed by atoms with Crippen LogP contribution in [-0.4, -0.2) is 29.1 Å². The second-order valence-electron chi connectivity index (χ2n) is 3.76. The van der Waals surface area contributed by atoms with Gasteiger partial charge < -0.3 is 4.90 Å². The van der Waals surface area contributed by atoms with Gasteiger partial charge in [0, 0.05) is 24.8 Å². The highest BCUT2D eigenvalue weighted by atomic mass is 32.1. The molecule has 13 heavy (non-hydrogen) atoms. The smallest absolute Gasteiger partial charge is 0.223 e. The Balaban J connectivity index is 2.11. The van der Waals surface area contributed by atoms with E-state index in [9.17, 15) is 4.79 Å². The van der Waals surface area contributed by atoms with Crippen LogP contribution in [0.4, 0.5) is 0 Å². The quantitative estimate of drug-likeness (QED) is 0.533. The van der Waals surface area contributed by atoms with Crippen LogP contribution in [0, 0.1) is 0 Å². The third kappa shape index (κ3) is 3.59. The Hall–Kier alpha value is -0.180. The van der Waals surface area contributed by atoms with Gasteiger partial charge >= 0.3 is 0 Å². The molecular weight excluding hydrogens is 182 g/mol. The molecule has 0 radical (unpaired) electrons. The van der Waals surface area contributed by atoms with E-state index in [1.165, 1.54) is 19.3 Å². The highest BCUT2D eigenvalue weighted by Gasteiger charge is 2.25. The van der Waals surface area contributed by atoms with E-state index in [0.717, 1.165) is 19.5 Å². The third-order valence-electron chi connectivity index (χ3n) is 2.48. The molecule has 2 nitrogen and oxygen atoms in total. The molecule has 0 N–H and O–H groups in total. The van der Waals surface area contributed by atoms with Crippen molar-refractivity contribution in [1.29, 1.82) is 0 Å². The van der Waals surface area contributed by atoms with Gasteiger partial charge in [0.1, 0.15) is 0 Å². The van der Waals surface area contributed by atoms with Crippen LogP contribution in [0.1, 0.15) is 39.0 Å². The lowest BCUT2D eigenvalue weighted by Gasteiger charge is -2.15. The minimum atomic E-state index is 0.277. The van der Waals surface area contributed by atoms with Crippen LogP contribution in [0.3, 0.4) is 0 Å². The fourth-order valence-corrected chi connectivity index (χ4v) is 2.05. The minimum Gasteiger partial charge on any atom is -0.342 e. The molecule has 1 aliphatic rings. The monoisotopic (exact) mass is 201 g/mol. The van der Waals surface area contributed by atoms with Crippen molar-refractivity contribution < 1.29 is 4.79 Å². The number of likely N-dealkylation sites (tertiary alicyclic amines) is 1. The topological polar surface area (TPSA) is 20.3 Å². The van der Waals surface area contributed by atoms with Crippen molar-refractivity contribution in [3.63, 3.8) is 0 Å². The van der Waals surface area contributed by atoms with Crippen LogP contribution in [0.25, 0.3) is 0 Å². The zero-order valence-corrected chi connectivity index (χ0v) is 9.22. The maximum Gasteiger partial charge on any atom is 0.223 e. The van der Waals surface area contributed by atoms with E-state index in [1.54, 1.807) is 0 Å². The fourth-order valence-electron chi connectivity index (χ4n) is 1.70. The predicted molar refractivity (Wildman–Crippen MR) is 58.1 cm³/mol. The number of carbonyl (C=O) groups is 1. The van der Waals surface area contributed by atoms with Crippen molar-refractivity contribution in [3.8, 4) is 0 Å². The number of hydrogen-bond acceptors (Lipinski definition) is 2. The predicted octanol–water partition coefficient (Wildman–Crippen LogP) is 2.10. The summed E-state index contributed by atoms with van der Waals surface area (Å²) in [5.74, 6) is 0.288. The van der Waals surface area contributed by atoms with Gasteiger partial charge in [0.05, 0.1) is 0 Å². The van der Waals surface area contributed by atoms with Crippen LogP contribution in [0.2, 0.25) is 0 Å². The number of carbonyl (C=O) groups excluding carboxylic acids is 1. The van der Waals surface area contributed by atoms with Gasteiger partial charge in [-0.15, -0.1) is 0 Å². The number of rotatable bonds is 5. The third-order valence-corrected chi connectivity index (χ3v) is 2.82. The lowest BCUT2D eigenvalue weighted by atomic mass is 10.2. The first-order chi connectivity index (χ1) is 6.24. The molecule has 1 heterocycles. The largest absolute Gasteiger partial charge is 0.342 e. The molecule has 0 saturated carbocycles. The first-order valence-corrected chi connectivity index (χ1v) is 5.71. The molecule has 0 aromatic heterocycles. The Labute approximate surface area is 86.1 Å². The van der Waals surface area contributed by atoms with E-state index in [1.807, 2.05) is 4.90 Å². The molecule has 1 atom stereocenters. The lowest BCUT2D eigenvalue weighted by Crippen LogP contribution is -2.26. The zero-order valence-electron chi connectivity index (χ0n) is 8.33. The fraction of sp³-hybridized carbons (Fsp3) is 0.900. The molecule has 1 rings (SSSR count). The Bertz CT molecular complexity index is 172. The van der Waals surface area contributed by atoms with Crippen molar-refractivity contribution in [2.24, 2.45) is 0 Å². The molecule has 3 heteroatoms. The zero-order chi connectivity index (χ0) is 9.68. The summed E-state index contributed by atoms with van der Waals surface area (Å²) in [6.45, 7) is 3.99. The molecule has 0 aromatic rings.